The van der Waals surface area contributed by atoms with Gasteiger partial charge in [-0.25, -0.2) is 4.79 Å². The summed E-state index contributed by atoms with van der Waals surface area (Å²) >= 11 is 0. The molecule has 0 unspecified atom stereocenters. The SMILES string of the molecule is C[C@@H](OC(=O)c1cccc(O)c1)C(=O)NCCC1=CCCCC1. The zero-order valence-corrected chi connectivity index (χ0v) is 13.4. The summed E-state index contributed by atoms with van der Waals surface area (Å²) in [6.45, 7) is 2.09. The number of amides is 1. The van der Waals surface area contributed by atoms with E-state index in [-0.39, 0.29) is 17.2 Å². The average molecular weight is 317 g/mol. The molecule has 0 saturated heterocycles. The van der Waals surface area contributed by atoms with Gasteiger partial charge < -0.3 is 15.2 Å². The normalized spacial score (nSPS) is 15.4. The lowest BCUT2D eigenvalue weighted by Gasteiger charge is -2.15. The first-order valence-electron chi connectivity index (χ1n) is 8.02. The van der Waals surface area contributed by atoms with Crippen molar-refractivity contribution < 1.29 is 19.4 Å². The number of aromatic hydroxyl groups is 1. The first-order chi connectivity index (χ1) is 11.1. The van der Waals surface area contributed by atoms with Crippen LogP contribution in [0.3, 0.4) is 0 Å². The number of phenolic OH excluding ortho intramolecular Hbond substituents is 1. The Hall–Kier alpha value is -2.30. The highest BCUT2D eigenvalue weighted by Gasteiger charge is 2.18. The molecule has 23 heavy (non-hydrogen) atoms. The number of rotatable bonds is 6. The van der Waals surface area contributed by atoms with Crippen molar-refractivity contribution in [1.82, 2.24) is 5.32 Å². The first kappa shape index (κ1) is 17.1. The standard InChI is InChI=1S/C18H23NO4/c1-13(23-18(22)15-8-5-9-16(20)12-15)17(21)19-11-10-14-6-3-2-4-7-14/h5-6,8-9,12-13,20H,2-4,7,10-11H2,1H3,(H,19,21)/t13-/m1/s1. The van der Waals surface area contributed by atoms with Gasteiger partial charge in [-0.15, -0.1) is 0 Å². The predicted octanol–water partition coefficient (Wildman–Crippen LogP) is 2.94. The highest BCUT2D eigenvalue weighted by Crippen LogP contribution is 2.19. The Balaban J connectivity index is 1.76. The van der Waals surface area contributed by atoms with Crippen LogP contribution in [0.4, 0.5) is 0 Å². The molecule has 0 spiro atoms. The van der Waals surface area contributed by atoms with Crippen LogP contribution >= 0.6 is 0 Å². The Morgan fingerprint density at radius 3 is 2.87 bits per heavy atom. The molecule has 2 rings (SSSR count). The van der Waals surface area contributed by atoms with Gasteiger partial charge >= 0.3 is 5.97 Å². The molecule has 0 aromatic heterocycles. The van der Waals surface area contributed by atoms with E-state index >= 15 is 0 Å². The number of benzene rings is 1. The van der Waals surface area contributed by atoms with Crippen molar-refractivity contribution in [2.24, 2.45) is 0 Å². The Kier molecular flexibility index (Phi) is 6.20. The van der Waals surface area contributed by atoms with Crippen LogP contribution in [0.2, 0.25) is 0 Å². The van der Waals surface area contributed by atoms with Crippen molar-refractivity contribution in [2.75, 3.05) is 6.54 Å². The molecule has 5 nitrogen and oxygen atoms in total. The van der Waals surface area contributed by atoms with E-state index in [1.54, 1.807) is 6.07 Å². The second-order valence-electron chi connectivity index (χ2n) is 5.75. The van der Waals surface area contributed by atoms with E-state index in [1.165, 1.54) is 43.5 Å². The minimum absolute atomic E-state index is 0.0164. The summed E-state index contributed by atoms with van der Waals surface area (Å²) in [5.74, 6) is -0.953. The maximum atomic E-state index is 12.0. The van der Waals surface area contributed by atoms with Crippen LogP contribution in [0.5, 0.6) is 5.75 Å². The molecular formula is C18H23NO4. The lowest BCUT2D eigenvalue weighted by molar-refractivity contribution is -0.129. The van der Waals surface area contributed by atoms with Gasteiger partial charge in [-0.2, -0.15) is 0 Å². The summed E-state index contributed by atoms with van der Waals surface area (Å²) in [4.78, 5) is 23.9. The topological polar surface area (TPSA) is 75.6 Å². The van der Waals surface area contributed by atoms with Gasteiger partial charge in [0.2, 0.25) is 0 Å². The molecule has 1 amide bonds. The molecule has 0 aliphatic heterocycles. The van der Waals surface area contributed by atoms with Crippen LogP contribution in [0.25, 0.3) is 0 Å². The minimum atomic E-state index is -0.870. The Morgan fingerprint density at radius 1 is 1.35 bits per heavy atom. The molecule has 5 heteroatoms. The van der Waals surface area contributed by atoms with Gasteiger partial charge in [0.15, 0.2) is 6.10 Å². The number of carbonyl (C=O) groups is 2. The van der Waals surface area contributed by atoms with Crippen LogP contribution in [0, 0.1) is 0 Å². The fraction of sp³-hybridized carbons (Fsp3) is 0.444. The van der Waals surface area contributed by atoms with E-state index in [1.807, 2.05) is 0 Å². The molecule has 0 radical (unpaired) electrons. The van der Waals surface area contributed by atoms with Crippen LogP contribution in [0.15, 0.2) is 35.9 Å². The molecule has 1 aliphatic carbocycles. The lowest BCUT2D eigenvalue weighted by atomic mass is 9.97. The molecule has 124 valence electrons. The van der Waals surface area contributed by atoms with Crippen LogP contribution < -0.4 is 5.32 Å². The van der Waals surface area contributed by atoms with E-state index in [4.69, 9.17) is 4.74 Å². The summed E-state index contributed by atoms with van der Waals surface area (Å²) in [5, 5.41) is 12.1. The third-order valence-electron chi connectivity index (χ3n) is 3.87. The average Bonchev–Trinajstić information content (AvgIpc) is 2.55. The summed E-state index contributed by atoms with van der Waals surface area (Å²) < 4.78 is 5.12. The van der Waals surface area contributed by atoms with Crippen LogP contribution in [-0.2, 0) is 9.53 Å². The van der Waals surface area contributed by atoms with Gasteiger partial charge in [0.25, 0.3) is 5.91 Å². The molecule has 1 aromatic rings. The first-order valence-corrected chi connectivity index (χ1v) is 8.02. The molecule has 1 aliphatic rings. The van der Waals surface area contributed by atoms with E-state index in [0.29, 0.717) is 6.54 Å². The lowest BCUT2D eigenvalue weighted by Crippen LogP contribution is -2.36. The fourth-order valence-electron chi connectivity index (χ4n) is 2.54. The van der Waals surface area contributed by atoms with E-state index in [9.17, 15) is 14.7 Å². The minimum Gasteiger partial charge on any atom is -0.508 e. The molecular weight excluding hydrogens is 294 g/mol. The Bertz CT molecular complexity index is 594. The molecule has 0 saturated carbocycles. The zero-order chi connectivity index (χ0) is 16.7. The zero-order valence-electron chi connectivity index (χ0n) is 13.4. The van der Waals surface area contributed by atoms with Crippen molar-refractivity contribution in [1.29, 1.82) is 0 Å². The van der Waals surface area contributed by atoms with E-state index < -0.39 is 12.1 Å². The number of hydrogen-bond acceptors (Lipinski definition) is 4. The third kappa shape index (κ3) is 5.43. The quantitative estimate of drug-likeness (QED) is 0.625. The van der Waals surface area contributed by atoms with Crippen molar-refractivity contribution in [3.8, 4) is 5.75 Å². The number of phenols is 1. The highest BCUT2D eigenvalue weighted by molar-refractivity contribution is 5.92. The summed E-state index contributed by atoms with van der Waals surface area (Å²) in [6.07, 6.45) is 6.93. The smallest absolute Gasteiger partial charge is 0.339 e. The maximum absolute atomic E-state index is 12.0. The third-order valence-corrected chi connectivity index (χ3v) is 3.87. The summed E-state index contributed by atoms with van der Waals surface area (Å²) in [6, 6.07) is 5.85. The molecule has 2 N–H and O–H groups in total. The number of esters is 1. The predicted molar refractivity (Wildman–Crippen MR) is 87.2 cm³/mol. The Morgan fingerprint density at radius 2 is 2.17 bits per heavy atom. The van der Waals surface area contributed by atoms with Crippen molar-refractivity contribution in [2.45, 2.75) is 45.1 Å². The van der Waals surface area contributed by atoms with Crippen molar-refractivity contribution in [3.05, 3.63) is 41.5 Å². The monoisotopic (exact) mass is 317 g/mol. The fourth-order valence-corrected chi connectivity index (χ4v) is 2.54. The molecule has 0 bridgehead atoms. The number of ether oxygens (including phenoxy) is 1. The van der Waals surface area contributed by atoms with Gasteiger partial charge in [-0.1, -0.05) is 17.7 Å². The Labute approximate surface area is 136 Å². The van der Waals surface area contributed by atoms with Gasteiger partial charge in [0, 0.05) is 6.54 Å². The molecule has 1 atom stereocenters. The largest absolute Gasteiger partial charge is 0.508 e. The van der Waals surface area contributed by atoms with Gasteiger partial charge in [-0.05, 0) is 57.2 Å². The number of nitrogens with one attached hydrogen (secondary N) is 1. The van der Waals surface area contributed by atoms with E-state index in [0.717, 1.165) is 19.3 Å². The molecule has 0 fully saturated rings. The molecule has 0 heterocycles. The van der Waals surface area contributed by atoms with E-state index in [2.05, 4.69) is 11.4 Å². The summed E-state index contributed by atoms with van der Waals surface area (Å²) in [7, 11) is 0. The molecule has 1 aromatic carbocycles. The number of allylic oxidation sites excluding steroid dienone is 1. The van der Waals surface area contributed by atoms with Crippen molar-refractivity contribution >= 4 is 11.9 Å². The van der Waals surface area contributed by atoms with Gasteiger partial charge in [0.1, 0.15) is 5.75 Å². The van der Waals surface area contributed by atoms with Crippen molar-refractivity contribution in [3.63, 3.8) is 0 Å². The van der Waals surface area contributed by atoms with Gasteiger partial charge in [0.05, 0.1) is 5.56 Å². The number of carbonyl (C=O) groups excluding carboxylic acids is 2. The maximum Gasteiger partial charge on any atom is 0.339 e. The second kappa shape index (κ2) is 8.36. The van der Waals surface area contributed by atoms with Crippen LogP contribution in [-0.4, -0.2) is 29.6 Å². The second-order valence-corrected chi connectivity index (χ2v) is 5.75. The highest BCUT2D eigenvalue weighted by atomic mass is 16.5. The van der Waals surface area contributed by atoms with Gasteiger partial charge in [-0.3, -0.25) is 4.79 Å². The van der Waals surface area contributed by atoms with Crippen LogP contribution in [0.1, 0.15) is 49.4 Å². The summed E-state index contributed by atoms with van der Waals surface area (Å²) in [5.41, 5.74) is 1.61. The number of hydrogen-bond donors (Lipinski definition) is 2.